The molecule has 0 saturated heterocycles. The molecule has 2 bridgehead atoms. The lowest BCUT2D eigenvalue weighted by Crippen LogP contribution is -2.17. The summed E-state index contributed by atoms with van der Waals surface area (Å²) in [5.41, 5.74) is 0.403. The van der Waals surface area contributed by atoms with E-state index in [2.05, 4.69) is 19.1 Å². The van der Waals surface area contributed by atoms with Gasteiger partial charge in [0.2, 0.25) is 0 Å². The highest BCUT2D eigenvalue weighted by Gasteiger charge is 2.45. The van der Waals surface area contributed by atoms with Crippen molar-refractivity contribution in [3.63, 3.8) is 0 Å². The molecule has 68 valence electrons. The van der Waals surface area contributed by atoms with Gasteiger partial charge in [-0.05, 0) is 24.7 Å². The first-order chi connectivity index (χ1) is 5.76. The van der Waals surface area contributed by atoms with Crippen molar-refractivity contribution in [2.24, 2.45) is 11.3 Å². The maximum absolute atomic E-state index is 9.63. The van der Waals surface area contributed by atoms with Gasteiger partial charge < -0.3 is 5.11 Å². The van der Waals surface area contributed by atoms with E-state index in [1.807, 2.05) is 0 Å². The Morgan fingerprint density at radius 1 is 1.50 bits per heavy atom. The third-order valence-corrected chi connectivity index (χ3v) is 3.48. The first-order valence-electron chi connectivity index (χ1n) is 5.13. The molecule has 3 atom stereocenters. The van der Waals surface area contributed by atoms with Gasteiger partial charge in [0.25, 0.3) is 0 Å². The van der Waals surface area contributed by atoms with Crippen molar-refractivity contribution in [3.8, 4) is 0 Å². The molecule has 2 rings (SSSR count). The van der Waals surface area contributed by atoms with E-state index in [1.54, 1.807) is 0 Å². The Hall–Kier alpha value is -0.300. The maximum atomic E-state index is 9.63. The van der Waals surface area contributed by atoms with Crippen LogP contribution in [0.4, 0.5) is 0 Å². The van der Waals surface area contributed by atoms with Gasteiger partial charge in [0.1, 0.15) is 0 Å². The van der Waals surface area contributed by atoms with Crippen molar-refractivity contribution in [2.45, 2.75) is 45.1 Å². The van der Waals surface area contributed by atoms with Gasteiger partial charge in [-0.25, -0.2) is 0 Å². The number of allylic oxidation sites excluding steroid dienone is 1. The second-order valence-corrected chi connectivity index (χ2v) is 4.46. The van der Waals surface area contributed by atoms with Crippen LogP contribution in [-0.4, -0.2) is 11.2 Å². The predicted molar refractivity (Wildman–Crippen MR) is 49.8 cm³/mol. The molecule has 0 radical (unpaired) electrons. The molecular weight excluding hydrogens is 148 g/mol. The van der Waals surface area contributed by atoms with Crippen LogP contribution in [0.3, 0.4) is 0 Å². The van der Waals surface area contributed by atoms with Crippen molar-refractivity contribution in [3.05, 3.63) is 12.2 Å². The van der Waals surface area contributed by atoms with Gasteiger partial charge in [-0.3, -0.25) is 0 Å². The van der Waals surface area contributed by atoms with Gasteiger partial charge in [-0.1, -0.05) is 31.9 Å². The van der Waals surface area contributed by atoms with Crippen LogP contribution >= 0.6 is 0 Å². The number of hydrogen-bond acceptors (Lipinski definition) is 1. The molecule has 2 aliphatic rings. The van der Waals surface area contributed by atoms with E-state index in [9.17, 15) is 5.11 Å². The predicted octanol–water partition coefficient (Wildman–Crippen LogP) is 2.50. The highest BCUT2D eigenvalue weighted by Crippen LogP contribution is 2.51. The number of fused-ring (bicyclic) bond motifs is 2. The van der Waals surface area contributed by atoms with E-state index in [1.165, 1.54) is 25.7 Å². The third kappa shape index (κ3) is 1.20. The van der Waals surface area contributed by atoms with Crippen molar-refractivity contribution in [1.82, 2.24) is 0 Å². The van der Waals surface area contributed by atoms with Gasteiger partial charge in [0.05, 0.1) is 6.10 Å². The zero-order valence-corrected chi connectivity index (χ0v) is 7.79. The van der Waals surface area contributed by atoms with Crippen LogP contribution in [0.1, 0.15) is 39.0 Å². The zero-order valence-electron chi connectivity index (χ0n) is 7.79. The fraction of sp³-hybridized carbons (Fsp3) is 0.818. The van der Waals surface area contributed by atoms with Gasteiger partial charge in [0, 0.05) is 5.92 Å². The Bertz CT molecular complexity index is 197. The average molecular weight is 166 g/mol. The van der Waals surface area contributed by atoms with Gasteiger partial charge >= 0.3 is 0 Å². The van der Waals surface area contributed by atoms with Crippen LogP contribution in [-0.2, 0) is 0 Å². The highest BCUT2D eigenvalue weighted by molar-refractivity contribution is 5.18. The summed E-state index contributed by atoms with van der Waals surface area (Å²) in [6.45, 7) is 2.23. The number of rotatable bonds is 3. The Balaban J connectivity index is 2.00. The quantitative estimate of drug-likeness (QED) is 0.639. The fourth-order valence-electron chi connectivity index (χ4n) is 2.73. The van der Waals surface area contributed by atoms with E-state index in [4.69, 9.17) is 0 Å². The lowest BCUT2D eigenvalue weighted by atomic mass is 9.82. The standard InChI is InChI=1S/C11H18O/c1-2-3-5-11-6-4-9(7-11)10(12)8-11/h4,6,9-10,12H,2-3,5,7-8H2,1H3. The summed E-state index contributed by atoms with van der Waals surface area (Å²) in [7, 11) is 0. The van der Waals surface area contributed by atoms with E-state index in [0.29, 0.717) is 11.3 Å². The molecule has 0 aromatic heterocycles. The van der Waals surface area contributed by atoms with Crippen LogP contribution in [0.2, 0.25) is 0 Å². The van der Waals surface area contributed by atoms with Gasteiger partial charge in [0.15, 0.2) is 0 Å². The second-order valence-electron chi connectivity index (χ2n) is 4.46. The first kappa shape index (κ1) is 8.31. The van der Waals surface area contributed by atoms with Gasteiger partial charge in [-0.15, -0.1) is 0 Å². The van der Waals surface area contributed by atoms with Crippen molar-refractivity contribution < 1.29 is 5.11 Å². The Labute approximate surface area is 74.5 Å². The molecule has 0 aliphatic heterocycles. The molecule has 1 nitrogen and oxygen atoms in total. The molecule has 0 heterocycles. The SMILES string of the molecule is CCCCC12C=CC(C1)C(O)C2. The van der Waals surface area contributed by atoms with Crippen molar-refractivity contribution >= 4 is 0 Å². The lowest BCUT2D eigenvalue weighted by molar-refractivity contribution is 0.138. The normalized spacial score (nSPS) is 44.2. The molecular formula is C11H18O. The molecule has 0 aromatic carbocycles. The monoisotopic (exact) mass is 166 g/mol. The molecule has 1 fully saturated rings. The van der Waals surface area contributed by atoms with Crippen molar-refractivity contribution in [1.29, 1.82) is 0 Å². The molecule has 1 N–H and O–H groups in total. The molecule has 0 amide bonds. The number of unbranched alkanes of at least 4 members (excludes halogenated alkanes) is 1. The summed E-state index contributed by atoms with van der Waals surface area (Å²) in [5.74, 6) is 0.488. The van der Waals surface area contributed by atoms with Crippen LogP contribution in [0, 0.1) is 11.3 Å². The van der Waals surface area contributed by atoms with Crippen LogP contribution in [0.15, 0.2) is 12.2 Å². The number of aliphatic hydroxyl groups excluding tert-OH is 1. The molecule has 12 heavy (non-hydrogen) atoms. The van der Waals surface area contributed by atoms with E-state index in [0.717, 1.165) is 6.42 Å². The summed E-state index contributed by atoms with van der Waals surface area (Å²) >= 11 is 0. The molecule has 0 spiro atoms. The minimum Gasteiger partial charge on any atom is -0.392 e. The summed E-state index contributed by atoms with van der Waals surface area (Å²) < 4.78 is 0. The maximum Gasteiger partial charge on any atom is 0.0611 e. The highest BCUT2D eigenvalue weighted by atomic mass is 16.3. The minimum absolute atomic E-state index is 0.0353. The van der Waals surface area contributed by atoms with E-state index in [-0.39, 0.29) is 6.10 Å². The molecule has 1 heteroatoms. The van der Waals surface area contributed by atoms with Crippen molar-refractivity contribution in [2.75, 3.05) is 0 Å². The second kappa shape index (κ2) is 2.88. The molecule has 1 saturated carbocycles. The summed E-state index contributed by atoms with van der Waals surface area (Å²) in [6.07, 6.45) is 10.7. The number of aliphatic hydroxyl groups is 1. The van der Waals surface area contributed by atoms with Crippen LogP contribution in [0.5, 0.6) is 0 Å². The van der Waals surface area contributed by atoms with Crippen LogP contribution < -0.4 is 0 Å². The Kier molecular flexibility index (Phi) is 1.99. The Morgan fingerprint density at radius 2 is 2.33 bits per heavy atom. The largest absolute Gasteiger partial charge is 0.392 e. The topological polar surface area (TPSA) is 20.2 Å². The van der Waals surface area contributed by atoms with E-state index >= 15 is 0 Å². The van der Waals surface area contributed by atoms with Gasteiger partial charge in [-0.2, -0.15) is 0 Å². The van der Waals surface area contributed by atoms with Crippen LogP contribution in [0.25, 0.3) is 0 Å². The molecule has 2 aliphatic carbocycles. The summed E-state index contributed by atoms with van der Waals surface area (Å²) in [6, 6.07) is 0. The average Bonchev–Trinajstić information content (AvgIpc) is 2.58. The Morgan fingerprint density at radius 3 is 2.83 bits per heavy atom. The van der Waals surface area contributed by atoms with E-state index < -0.39 is 0 Å². The number of hydrogen-bond donors (Lipinski definition) is 1. The minimum atomic E-state index is -0.0353. The molecule has 0 aromatic rings. The fourth-order valence-corrected chi connectivity index (χ4v) is 2.73. The molecule has 3 unspecified atom stereocenters. The zero-order chi connectivity index (χ0) is 8.60. The summed E-state index contributed by atoms with van der Waals surface area (Å²) in [5, 5.41) is 9.63. The summed E-state index contributed by atoms with van der Waals surface area (Å²) in [4.78, 5) is 0. The smallest absolute Gasteiger partial charge is 0.0611 e. The lowest BCUT2D eigenvalue weighted by Gasteiger charge is -2.23. The third-order valence-electron chi connectivity index (χ3n) is 3.48. The first-order valence-corrected chi connectivity index (χ1v) is 5.13.